The van der Waals surface area contributed by atoms with Crippen molar-refractivity contribution in [3.05, 3.63) is 33.8 Å². The number of nitrogens with one attached hydrogen (secondary N) is 1. The molecule has 0 aliphatic carbocycles. The fraction of sp³-hybridized carbons (Fsp3) is 0.300. The monoisotopic (exact) mass is 228 g/mol. The molecule has 0 amide bonds. The molecule has 0 aromatic heterocycles. The van der Waals surface area contributed by atoms with Gasteiger partial charge in [0, 0.05) is 6.04 Å². The molecule has 4 heteroatoms. The summed E-state index contributed by atoms with van der Waals surface area (Å²) in [5.41, 5.74) is 0.975. The first kappa shape index (κ1) is 11.3. The Morgan fingerprint density at radius 2 is 2.14 bits per heavy atom. The van der Waals surface area contributed by atoms with Crippen LogP contribution in [-0.2, 0) is 0 Å². The minimum absolute atomic E-state index is 0.00904. The molecule has 0 fully saturated rings. The quantitative estimate of drug-likeness (QED) is 0.863. The highest BCUT2D eigenvalue weighted by Crippen LogP contribution is 2.26. The van der Waals surface area contributed by atoms with E-state index in [-0.39, 0.29) is 6.04 Å². The van der Waals surface area contributed by atoms with Gasteiger partial charge in [-0.1, -0.05) is 29.3 Å². The standard InChI is InChI=1S/C10H10Cl2N2/c1-14-10(4-5-13)7-2-3-8(11)9(12)6-7/h2-3,6,10,14H,4H2,1H3. The molecule has 14 heavy (non-hydrogen) atoms. The Morgan fingerprint density at radius 1 is 1.43 bits per heavy atom. The van der Waals surface area contributed by atoms with Crippen LogP contribution in [0.15, 0.2) is 18.2 Å². The van der Waals surface area contributed by atoms with Crippen molar-refractivity contribution in [3.8, 4) is 6.07 Å². The van der Waals surface area contributed by atoms with Crippen molar-refractivity contribution >= 4 is 23.2 Å². The van der Waals surface area contributed by atoms with E-state index in [2.05, 4.69) is 11.4 Å². The summed E-state index contributed by atoms with van der Waals surface area (Å²) in [5, 5.41) is 12.7. The molecule has 0 saturated heterocycles. The van der Waals surface area contributed by atoms with E-state index in [0.717, 1.165) is 5.56 Å². The average molecular weight is 229 g/mol. The van der Waals surface area contributed by atoms with Crippen LogP contribution in [0.4, 0.5) is 0 Å². The Balaban J connectivity index is 2.95. The summed E-state index contributed by atoms with van der Waals surface area (Å²) in [5.74, 6) is 0. The Bertz CT molecular complexity index is 358. The lowest BCUT2D eigenvalue weighted by molar-refractivity contribution is 0.608. The van der Waals surface area contributed by atoms with Crippen molar-refractivity contribution in [2.75, 3.05) is 7.05 Å². The number of nitriles is 1. The molecule has 1 aromatic rings. The Kier molecular flexibility index (Phi) is 4.21. The molecule has 74 valence electrons. The van der Waals surface area contributed by atoms with Gasteiger partial charge in [0.2, 0.25) is 0 Å². The topological polar surface area (TPSA) is 35.8 Å². The summed E-state index contributed by atoms with van der Waals surface area (Å²) in [7, 11) is 1.81. The fourth-order valence-electron chi connectivity index (χ4n) is 1.21. The van der Waals surface area contributed by atoms with Crippen LogP contribution in [0, 0.1) is 11.3 Å². The van der Waals surface area contributed by atoms with Crippen molar-refractivity contribution in [2.45, 2.75) is 12.5 Å². The van der Waals surface area contributed by atoms with Crippen LogP contribution in [0.2, 0.25) is 10.0 Å². The summed E-state index contributed by atoms with van der Waals surface area (Å²) in [4.78, 5) is 0. The van der Waals surface area contributed by atoms with E-state index in [9.17, 15) is 0 Å². The predicted octanol–water partition coefficient (Wildman–Crippen LogP) is 3.17. The minimum atomic E-state index is 0.00904. The van der Waals surface area contributed by atoms with Gasteiger partial charge in [-0.2, -0.15) is 5.26 Å². The summed E-state index contributed by atoms with van der Waals surface area (Å²) in [6, 6.07) is 7.51. The third kappa shape index (κ3) is 2.62. The molecule has 0 spiro atoms. The number of nitrogens with zero attached hydrogens (tertiary/aromatic N) is 1. The van der Waals surface area contributed by atoms with Gasteiger partial charge in [0.15, 0.2) is 0 Å². The summed E-state index contributed by atoms with van der Waals surface area (Å²) >= 11 is 11.7. The minimum Gasteiger partial charge on any atom is -0.312 e. The number of halogens is 2. The molecule has 0 aliphatic heterocycles. The first-order valence-corrected chi connectivity index (χ1v) is 4.93. The van der Waals surface area contributed by atoms with Crippen LogP contribution in [0.25, 0.3) is 0 Å². The van der Waals surface area contributed by atoms with Gasteiger partial charge < -0.3 is 5.32 Å². The second-order valence-corrected chi connectivity index (χ2v) is 3.69. The van der Waals surface area contributed by atoms with Crippen molar-refractivity contribution in [1.82, 2.24) is 5.32 Å². The zero-order chi connectivity index (χ0) is 10.6. The second kappa shape index (κ2) is 5.21. The fourth-order valence-corrected chi connectivity index (χ4v) is 1.51. The van der Waals surface area contributed by atoms with Gasteiger partial charge >= 0.3 is 0 Å². The van der Waals surface area contributed by atoms with E-state index in [1.165, 1.54) is 0 Å². The van der Waals surface area contributed by atoms with Gasteiger partial charge in [0.25, 0.3) is 0 Å². The maximum Gasteiger partial charge on any atom is 0.0641 e. The van der Waals surface area contributed by atoms with Crippen LogP contribution >= 0.6 is 23.2 Å². The predicted molar refractivity (Wildman–Crippen MR) is 58.5 cm³/mol. The summed E-state index contributed by atoms with van der Waals surface area (Å²) in [6.07, 6.45) is 0.411. The molecule has 1 unspecified atom stereocenters. The normalized spacial score (nSPS) is 12.1. The zero-order valence-electron chi connectivity index (χ0n) is 7.72. The first-order valence-electron chi connectivity index (χ1n) is 4.18. The average Bonchev–Trinajstić information content (AvgIpc) is 2.19. The summed E-state index contributed by atoms with van der Waals surface area (Å²) in [6.45, 7) is 0. The van der Waals surface area contributed by atoms with Gasteiger partial charge in [-0.25, -0.2) is 0 Å². The lowest BCUT2D eigenvalue weighted by Crippen LogP contribution is -2.15. The van der Waals surface area contributed by atoms with Crippen LogP contribution in [-0.4, -0.2) is 7.05 Å². The van der Waals surface area contributed by atoms with Crippen LogP contribution in [0.1, 0.15) is 18.0 Å². The van der Waals surface area contributed by atoms with Gasteiger partial charge in [-0.05, 0) is 24.7 Å². The largest absolute Gasteiger partial charge is 0.312 e. The zero-order valence-corrected chi connectivity index (χ0v) is 9.23. The van der Waals surface area contributed by atoms with Crippen molar-refractivity contribution < 1.29 is 0 Å². The van der Waals surface area contributed by atoms with E-state index in [4.69, 9.17) is 28.5 Å². The highest BCUT2D eigenvalue weighted by molar-refractivity contribution is 6.42. The van der Waals surface area contributed by atoms with Gasteiger partial charge in [0.1, 0.15) is 0 Å². The van der Waals surface area contributed by atoms with E-state index in [1.807, 2.05) is 13.1 Å². The smallest absolute Gasteiger partial charge is 0.0641 e. The molecule has 0 aliphatic rings. The van der Waals surface area contributed by atoms with Crippen LogP contribution in [0.5, 0.6) is 0 Å². The van der Waals surface area contributed by atoms with E-state index >= 15 is 0 Å². The highest BCUT2D eigenvalue weighted by Gasteiger charge is 2.09. The van der Waals surface area contributed by atoms with E-state index in [0.29, 0.717) is 16.5 Å². The number of hydrogen-bond donors (Lipinski definition) is 1. The Morgan fingerprint density at radius 3 is 2.64 bits per heavy atom. The highest BCUT2D eigenvalue weighted by atomic mass is 35.5. The molecule has 1 rings (SSSR count). The Labute approximate surface area is 93.4 Å². The molecule has 0 radical (unpaired) electrons. The van der Waals surface area contributed by atoms with Crippen LogP contribution < -0.4 is 5.32 Å². The molecule has 2 nitrogen and oxygen atoms in total. The van der Waals surface area contributed by atoms with E-state index in [1.54, 1.807) is 12.1 Å². The maximum atomic E-state index is 8.60. The van der Waals surface area contributed by atoms with Crippen LogP contribution in [0.3, 0.4) is 0 Å². The summed E-state index contributed by atoms with van der Waals surface area (Å²) < 4.78 is 0. The third-order valence-corrected chi connectivity index (χ3v) is 2.73. The first-order chi connectivity index (χ1) is 6.69. The molecule has 1 N–H and O–H groups in total. The number of rotatable bonds is 3. The van der Waals surface area contributed by atoms with Gasteiger partial charge in [-0.15, -0.1) is 0 Å². The second-order valence-electron chi connectivity index (χ2n) is 2.88. The molecule has 1 aromatic carbocycles. The third-order valence-electron chi connectivity index (χ3n) is 1.99. The SMILES string of the molecule is CNC(CC#N)c1ccc(Cl)c(Cl)c1. The Hall–Kier alpha value is -0.750. The van der Waals surface area contributed by atoms with Crippen molar-refractivity contribution in [2.24, 2.45) is 0 Å². The number of hydrogen-bond acceptors (Lipinski definition) is 2. The lowest BCUT2D eigenvalue weighted by Gasteiger charge is -2.13. The molecule has 0 bridgehead atoms. The molecule has 0 saturated carbocycles. The number of benzene rings is 1. The molecular formula is C10H10Cl2N2. The van der Waals surface area contributed by atoms with Crippen molar-refractivity contribution in [3.63, 3.8) is 0 Å². The molecular weight excluding hydrogens is 219 g/mol. The van der Waals surface area contributed by atoms with E-state index < -0.39 is 0 Å². The maximum absolute atomic E-state index is 8.60. The molecule has 1 atom stereocenters. The molecule has 0 heterocycles. The van der Waals surface area contributed by atoms with Gasteiger partial charge in [-0.3, -0.25) is 0 Å². The van der Waals surface area contributed by atoms with Crippen molar-refractivity contribution in [1.29, 1.82) is 5.26 Å². The van der Waals surface area contributed by atoms with Gasteiger partial charge in [0.05, 0.1) is 22.5 Å². The lowest BCUT2D eigenvalue weighted by atomic mass is 10.1.